The van der Waals surface area contributed by atoms with Crippen LogP contribution < -0.4 is 5.73 Å². The molecule has 3 atom stereocenters. The van der Waals surface area contributed by atoms with Crippen molar-refractivity contribution in [2.75, 3.05) is 19.8 Å². The molecule has 0 aromatic heterocycles. The molecule has 3 unspecified atom stereocenters. The second kappa shape index (κ2) is 43.1. The number of aliphatic carboxylic acids is 1. The van der Waals surface area contributed by atoms with Crippen molar-refractivity contribution in [3.63, 3.8) is 0 Å². The lowest BCUT2D eigenvalue weighted by Crippen LogP contribution is -2.34. The molecule has 0 rings (SSSR count). The molecule has 348 valence electrons. The first-order valence-corrected chi connectivity index (χ1v) is 25.2. The molecule has 0 saturated heterocycles. The van der Waals surface area contributed by atoms with Crippen molar-refractivity contribution in [3.8, 4) is 0 Å². The SMILES string of the molecule is CCCCC/C=C\C/C=C\CCCCCCCC(=O)OCC(COP(=O)(O)OCC(N)C(=O)O)OC(=O)CCCCCCCCCCC/C=C\C/C=C\CCCCCCC. The van der Waals surface area contributed by atoms with Gasteiger partial charge in [-0.1, -0.05) is 165 Å². The summed E-state index contributed by atoms with van der Waals surface area (Å²) in [6.45, 7) is 2.76. The van der Waals surface area contributed by atoms with Crippen LogP contribution >= 0.6 is 7.82 Å². The first-order chi connectivity index (χ1) is 29.1. The molecule has 0 bridgehead atoms. The van der Waals surface area contributed by atoms with Crippen molar-refractivity contribution in [3.05, 3.63) is 48.6 Å². The first kappa shape index (κ1) is 57.4. The maximum Gasteiger partial charge on any atom is 0.472 e. The Balaban J connectivity index is 4.32. The minimum atomic E-state index is -4.72. The Kier molecular flexibility index (Phi) is 41.3. The van der Waals surface area contributed by atoms with Gasteiger partial charge in [0.1, 0.15) is 12.6 Å². The minimum Gasteiger partial charge on any atom is -0.480 e. The van der Waals surface area contributed by atoms with Gasteiger partial charge >= 0.3 is 25.7 Å². The third kappa shape index (κ3) is 42.1. The summed E-state index contributed by atoms with van der Waals surface area (Å²) in [6.07, 6.45) is 48.8. The molecule has 0 amide bonds. The van der Waals surface area contributed by atoms with Crippen molar-refractivity contribution >= 4 is 25.7 Å². The highest BCUT2D eigenvalue weighted by Crippen LogP contribution is 2.43. The number of allylic oxidation sites excluding steroid dienone is 8. The van der Waals surface area contributed by atoms with E-state index in [1.165, 1.54) is 89.9 Å². The van der Waals surface area contributed by atoms with Crippen molar-refractivity contribution in [2.45, 2.75) is 219 Å². The lowest BCUT2D eigenvalue weighted by molar-refractivity contribution is -0.161. The number of hydrogen-bond donors (Lipinski definition) is 3. The quantitative estimate of drug-likeness (QED) is 0.0230. The zero-order valence-electron chi connectivity index (χ0n) is 37.8. The Labute approximate surface area is 365 Å². The number of nitrogens with two attached hydrogens (primary N) is 1. The molecule has 11 nitrogen and oxygen atoms in total. The molecular formula is C48H86NO10P. The summed E-state index contributed by atoms with van der Waals surface area (Å²) >= 11 is 0. The van der Waals surface area contributed by atoms with Gasteiger partial charge in [-0.3, -0.25) is 23.4 Å². The average molecular weight is 868 g/mol. The van der Waals surface area contributed by atoms with Gasteiger partial charge in [0.15, 0.2) is 6.10 Å². The van der Waals surface area contributed by atoms with Crippen molar-refractivity contribution in [1.29, 1.82) is 0 Å². The van der Waals surface area contributed by atoms with Gasteiger partial charge in [-0.25, -0.2) is 4.57 Å². The number of esters is 2. The van der Waals surface area contributed by atoms with Gasteiger partial charge in [-0.2, -0.15) is 0 Å². The summed E-state index contributed by atoms with van der Waals surface area (Å²) in [6, 6.07) is -1.53. The van der Waals surface area contributed by atoms with Crippen LogP contribution in [0.4, 0.5) is 0 Å². The van der Waals surface area contributed by atoms with Gasteiger partial charge in [0.25, 0.3) is 0 Å². The summed E-state index contributed by atoms with van der Waals surface area (Å²) in [4.78, 5) is 46.1. The van der Waals surface area contributed by atoms with E-state index in [0.717, 1.165) is 77.0 Å². The number of ether oxygens (including phenoxy) is 2. The highest BCUT2D eigenvalue weighted by Gasteiger charge is 2.28. The van der Waals surface area contributed by atoms with Gasteiger partial charge < -0.3 is 25.2 Å². The monoisotopic (exact) mass is 868 g/mol. The maximum absolute atomic E-state index is 12.7. The van der Waals surface area contributed by atoms with Crippen LogP contribution in [0, 0.1) is 0 Å². The van der Waals surface area contributed by atoms with E-state index in [4.69, 9.17) is 24.8 Å². The van der Waals surface area contributed by atoms with E-state index in [1.807, 2.05) is 0 Å². The van der Waals surface area contributed by atoms with Crippen LogP contribution in [0.5, 0.6) is 0 Å². The normalized spacial score (nSPS) is 14.1. The van der Waals surface area contributed by atoms with Crippen LogP contribution in [-0.2, 0) is 37.5 Å². The second-order valence-electron chi connectivity index (χ2n) is 15.9. The maximum atomic E-state index is 12.7. The molecule has 0 fully saturated rings. The number of carbonyl (C=O) groups excluding carboxylic acids is 2. The van der Waals surface area contributed by atoms with Gasteiger partial charge in [0.05, 0.1) is 13.2 Å². The summed E-state index contributed by atoms with van der Waals surface area (Å²) in [5.74, 6) is -2.40. The third-order valence-corrected chi connectivity index (χ3v) is 11.0. The Morgan fingerprint density at radius 2 is 0.883 bits per heavy atom. The lowest BCUT2D eigenvalue weighted by Gasteiger charge is -2.20. The van der Waals surface area contributed by atoms with Crippen molar-refractivity contribution in [1.82, 2.24) is 0 Å². The fourth-order valence-electron chi connectivity index (χ4n) is 6.30. The van der Waals surface area contributed by atoms with Crippen LogP contribution in [0.2, 0.25) is 0 Å². The molecule has 12 heteroatoms. The molecule has 0 aliphatic heterocycles. The molecule has 0 radical (unpaired) electrons. The second-order valence-corrected chi connectivity index (χ2v) is 17.3. The van der Waals surface area contributed by atoms with Gasteiger partial charge in [0, 0.05) is 12.8 Å². The number of carboxylic acids is 1. The van der Waals surface area contributed by atoms with Gasteiger partial charge in [0.2, 0.25) is 0 Å². The Bertz CT molecular complexity index is 1200. The van der Waals surface area contributed by atoms with Crippen LogP contribution in [0.25, 0.3) is 0 Å². The van der Waals surface area contributed by atoms with E-state index >= 15 is 0 Å². The molecule has 0 heterocycles. The Hall–Kier alpha value is -2.56. The van der Waals surface area contributed by atoms with Crippen molar-refractivity contribution < 1.29 is 47.5 Å². The molecule has 0 aromatic rings. The van der Waals surface area contributed by atoms with E-state index in [-0.39, 0.29) is 19.4 Å². The number of unbranched alkanes of at least 4 members (excludes halogenated alkanes) is 22. The van der Waals surface area contributed by atoms with Crippen LogP contribution in [0.15, 0.2) is 48.6 Å². The summed E-state index contributed by atoms with van der Waals surface area (Å²) in [5, 5.41) is 8.90. The summed E-state index contributed by atoms with van der Waals surface area (Å²) in [5.41, 5.74) is 5.34. The van der Waals surface area contributed by atoms with E-state index in [0.29, 0.717) is 12.8 Å². The first-order valence-electron chi connectivity index (χ1n) is 23.7. The Morgan fingerprint density at radius 1 is 0.517 bits per heavy atom. The van der Waals surface area contributed by atoms with Crippen LogP contribution in [-0.4, -0.2) is 59.9 Å². The van der Waals surface area contributed by atoms with Gasteiger partial charge in [-0.05, 0) is 77.0 Å². The molecule has 0 spiro atoms. The largest absolute Gasteiger partial charge is 0.480 e. The fourth-order valence-corrected chi connectivity index (χ4v) is 7.08. The molecule has 60 heavy (non-hydrogen) atoms. The van der Waals surface area contributed by atoms with Crippen LogP contribution in [0.1, 0.15) is 206 Å². The van der Waals surface area contributed by atoms with E-state index in [1.54, 1.807) is 0 Å². The molecule has 0 aliphatic carbocycles. The molecule has 4 N–H and O–H groups in total. The van der Waals surface area contributed by atoms with E-state index in [2.05, 4.69) is 67.0 Å². The number of phosphoric acid groups is 1. The number of phosphoric ester groups is 1. The van der Waals surface area contributed by atoms with Gasteiger partial charge in [-0.15, -0.1) is 0 Å². The average Bonchev–Trinajstić information content (AvgIpc) is 3.22. The molecular weight excluding hydrogens is 781 g/mol. The van der Waals surface area contributed by atoms with Crippen LogP contribution in [0.3, 0.4) is 0 Å². The summed E-state index contributed by atoms with van der Waals surface area (Å²) < 4.78 is 32.8. The fraction of sp³-hybridized carbons (Fsp3) is 0.771. The number of carbonyl (C=O) groups is 3. The van der Waals surface area contributed by atoms with Crippen molar-refractivity contribution in [2.24, 2.45) is 5.73 Å². The zero-order chi connectivity index (χ0) is 44.2. The highest BCUT2D eigenvalue weighted by atomic mass is 31.2. The number of hydrogen-bond acceptors (Lipinski definition) is 9. The lowest BCUT2D eigenvalue weighted by atomic mass is 10.1. The topological polar surface area (TPSA) is 172 Å². The Morgan fingerprint density at radius 3 is 1.33 bits per heavy atom. The third-order valence-electron chi connectivity index (χ3n) is 10.0. The number of carboxylic acid groups (broad SMARTS) is 1. The number of rotatable bonds is 44. The molecule has 0 aliphatic rings. The molecule has 0 saturated carbocycles. The minimum absolute atomic E-state index is 0.152. The zero-order valence-corrected chi connectivity index (χ0v) is 38.7. The standard InChI is InChI=1S/C48H86NO10P/c1-3-5-7-9-11-13-15-17-19-20-21-22-23-24-26-28-30-32-34-36-38-40-47(51)59-44(42-57-60(54,55)58-43-45(49)48(52)53)41-56-46(50)39-37-35-33-31-29-27-25-18-16-14-12-10-8-6-4-2/h12,14-15,17-18,20-21,25,44-45H,3-11,13,16,19,22-24,26-43,49H2,1-2H3,(H,52,53)(H,54,55)/b14-12-,17-15-,21-20-,25-18-. The van der Waals surface area contributed by atoms with E-state index < -0.39 is 51.1 Å². The predicted octanol–water partition coefficient (Wildman–Crippen LogP) is 13.0. The van der Waals surface area contributed by atoms with E-state index in [9.17, 15) is 23.8 Å². The highest BCUT2D eigenvalue weighted by molar-refractivity contribution is 7.47. The smallest absolute Gasteiger partial charge is 0.472 e. The summed E-state index contributed by atoms with van der Waals surface area (Å²) in [7, 11) is -4.72. The molecule has 0 aromatic carbocycles. The predicted molar refractivity (Wildman–Crippen MR) is 245 cm³/mol.